The maximum atomic E-state index is 12.2. The molecule has 1 rings (SSSR count). The number of aromatic nitrogens is 1. The summed E-state index contributed by atoms with van der Waals surface area (Å²) < 4.78 is 5.75. The third-order valence-corrected chi connectivity index (χ3v) is 4.86. The van der Waals surface area contributed by atoms with Crippen molar-refractivity contribution in [3.8, 4) is 0 Å². The van der Waals surface area contributed by atoms with E-state index in [2.05, 4.69) is 18.8 Å². The molecule has 1 aromatic heterocycles. The van der Waals surface area contributed by atoms with Gasteiger partial charge in [-0.3, -0.25) is 4.79 Å². The van der Waals surface area contributed by atoms with Gasteiger partial charge in [0.25, 0.3) is 7.41 Å². The number of aryl methyl sites for hydroxylation is 1. The molecule has 0 amide bonds. The van der Waals surface area contributed by atoms with Crippen molar-refractivity contribution in [1.82, 2.24) is 9.79 Å². The van der Waals surface area contributed by atoms with Crippen LogP contribution in [0.15, 0.2) is 5.38 Å². The van der Waals surface area contributed by atoms with Gasteiger partial charge in [-0.25, -0.2) is 4.98 Å². The van der Waals surface area contributed by atoms with Crippen molar-refractivity contribution in [2.75, 3.05) is 7.05 Å². The molecular formula is C17H28BN2O3S. The molecule has 0 fully saturated rings. The van der Waals surface area contributed by atoms with Crippen LogP contribution in [0.2, 0.25) is 0 Å². The lowest BCUT2D eigenvalue weighted by atomic mass is 9.86. The normalized spacial score (nSPS) is 14.0. The SMILES string of the molecule is Cc1csc([C@@H](C[C@H](C(C)C)N(C)[B]C=O)OC(=O)CC(C)C)n1. The number of hydrogen-bond donors (Lipinski definition) is 0. The monoisotopic (exact) mass is 351 g/mol. The number of hydrogen-bond acceptors (Lipinski definition) is 6. The summed E-state index contributed by atoms with van der Waals surface area (Å²) in [6.45, 7) is 10.1. The number of carbonyl (C=O) groups excluding carboxylic acids is 2. The van der Waals surface area contributed by atoms with Crippen molar-refractivity contribution in [3.63, 3.8) is 0 Å². The zero-order chi connectivity index (χ0) is 18.3. The number of rotatable bonds is 10. The maximum absolute atomic E-state index is 12.2. The Balaban J connectivity index is 2.94. The fourth-order valence-corrected chi connectivity index (χ4v) is 3.43. The second-order valence-electron chi connectivity index (χ2n) is 6.90. The molecule has 0 saturated carbocycles. The summed E-state index contributed by atoms with van der Waals surface area (Å²) >= 11 is 1.51. The summed E-state index contributed by atoms with van der Waals surface area (Å²) in [6, 6.07) is 0.0799. The van der Waals surface area contributed by atoms with E-state index in [1.165, 1.54) is 18.8 Å². The van der Waals surface area contributed by atoms with Crippen LogP contribution in [0.5, 0.6) is 0 Å². The molecule has 1 heterocycles. The van der Waals surface area contributed by atoms with Gasteiger partial charge in [-0.15, -0.1) is 11.3 Å². The Bertz CT molecular complexity index is 534. The molecule has 0 aromatic carbocycles. The van der Waals surface area contributed by atoms with Crippen LogP contribution >= 0.6 is 11.3 Å². The minimum atomic E-state index is -0.384. The molecular weight excluding hydrogens is 323 g/mol. The lowest BCUT2D eigenvalue weighted by Crippen LogP contribution is -2.40. The molecule has 0 bridgehead atoms. The van der Waals surface area contributed by atoms with E-state index >= 15 is 0 Å². The third kappa shape index (κ3) is 6.73. The standard InChI is InChI=1S/C17H28BN2O3S/c1-11(2)7-16(22)23-15(17-19-13(5)9-24-17)8-14(12(3)4)20(6)18-10-21/h9-12,14-15H,7-8H2,1-6H3/t14-,15-/m1/s1. The summed E-state index contributed by atoms with van der Waals surface area (Å²) in [5, 5.41) is 2.78. The van der Waals surface area contributed by atoms with Gasteiger partial charge >= 0.3 is 5.97 Å². The largest absolute Gasteiger partial charge is 0.455 e. The van der Waals surface area contributed by atoms with Crippen LogP contribution in [-0.2, 0) is 14.3 Å². The van der Waals surface area contributed by atoms with Gasteiger partial charge < -0.3 is 14.3 Å². The van der Waals surface area contributed by atoms with Crippen molar-refractivity contribution in [3.05, 3.63) is 16.1 Å². The quantitative estimate of drug-likeness (QED) is 0.368. The van der Waals surface area contributed by atoms with Crippen molar-refractivity contribution >= 4 is 30.9 Å². The van der Waals surface area contributed by atoms with Gasteiger partial charge in [-0.2, -0.15) is 0 Å². The van der Waals surface area contributed by atoms with Crippen LogP contribution in [0.3, 0.4) is 0 Å². The van der Waals surface area contributed by atoms with Crippen molar-refractivity contribution < 1.29 is 14.3 Å². The first-order valence-corrected chi connectivity index (χ1v) is 9.24. The first-order chi connectivity index (χ1) is 11.2. The molecule has 7 heteroatoms. The molecule has 0 saturated heterocycles. The second-order valence-corrected chi connectivity index (χ2v) is 7.79. The highest BCUT2D eigenvalue weighted by molar-refractivity contribution is 7.09. The average molecular weight is 351 g/mol. The Hall–Kier alpha value is -1.21. The van der Waals surface area contributed by atoms with E-state index in [0.717, 1.165) is 16.9 Å². The van der Waals surface area contributed by atoms with Crippen LogP contribution in [0.1, 0.15) is 57.3 Å². The van der Waals surface area contributed by atoms with Gasteiger partial charge in [0, 0.05) is 30.0 Å². The zero-order valence-corrected chi connectivity index (χ0v) is 16.3. The van der Waals surface area contributed by atoms with Crippen molar-refractivity contribution in [2.45, 2.75) is 59.6 Å². The van der Waals surface area contributed by atoms with Gasteiger partial charge in [0.15, 0.2) is 6.10 Å². The molecule has 0 spiro atoms. The Morgan fingerprint density at radius 2 is 2.08 bits per heavy atom. The van der Waals surface area contributed by atoms with E-state index in [-0.39, 0.29) is 24.0 Å². The molecule has 1 aromatic rings. The van der Waals surface area contributed by atoms with E-state index in [9.17, 15) is 9.59 Å². The first kappa shape index (κ1) is 20.8. The summed E-state index contributed by atoms with van der Waals surface area (Å²) in [5.74, 6) is 0.356. The predicted molar refractivity (Wildman–Crippen MR) is 98.6 cm³/mol. The summed E-state index contributed by atoms with van der Waals surface area (Å²) in [6.07, 6.45) is 1.39. The van der Waals surface area contributed by atoms with E-state index in [0.29, 0.717) is 18.8 Å². The first-order valence-electron chi connectivity index (χ1n) is 8.36. The Labute approximate surface area is 150 Å². The highest BCUT2D eigenvalue weighted by atomic mass is 32.1. The number of thiazole rings is 1. The van der Waals surface area contributed by atoms with Crippen LogP contribution in [0.4, 0.5) is 0 Å². The minimum Gasteiger partial charge on any atom is -0.455 e. The maximum Gasteiger partial charge on any atom is 0.306 e. The lowest BCUT2D eigenvalue weighted by molar-refractivity contribution is -0.151. The topological polar surface area (TPSA) is 59.5 Å². The molecule has 0 aliphatic heterocycles. The van der Waals surface area contributed by atoms with E-state index in [1.54, 1.807) is 0 Å². The fourth-order valence-electron chi connectivity index (χ4n) is 2.59. The molecule has 0 N–H and O–H groups in total. The van der Waals surface area contributed by atoms with E-state index in [1.807, 2.05) is 38.0 Å². The fraction of sp³-hybridized carbons (Fsp3) is 0.706. The second kappa shape index (κ2) is 9.94. The molecule has 0 aliphatic rings. The van der Waals surface area contributed by atoms with E-state index in [4.69, 9.17) is 4.74 Å². The highest BCUT2D eigenvalue weighted by Gasteiger charge is 2.28. The lowest BCUT2D eigenvalue weighted by Gasteiger charge is -2.32. The molecule has 133 valence electrons. The minimum absolute atomic E-state index is 0.0799. The number of carbonyl (C=O) groups is 2. The highest BCUT2D eigenvalue weighted by Crippen LogP contribution is 2.30. The van der Waals surface area contributed by atoms with Crippen molar-refractivity contribution in [2.24, 2.45) is 11.8 Å². The number of ether oxygens (including phenoxy) is 1. The van der Waals surface area contributed by atoms with Gasteiger partial charge in [0.05, 0.1) is 6.19 Å². The molecule has 0 unspecified atom stereocenters. The van der Waals surface area contributed by atoms with Crippen LogP contribution in [-0.4, -0.2) is 42.5 Å². The Kier molecular flexibility index (Phi) is 8.63. The zero-order valence-electron chi connectivity index (χ0n) is 15.5. The molecule has 2 atom stereocenters. The Morgan fingerprint density at radius 1 is 1.42 bits per heavy atom. The van der Waals surface area contributed by atoms with Crippen molar-refractivity contribution in [1.29, 1.82) is 0 Å². The predicted octanol–water partition coefficient (Wildman–Crippen LogP) is 3.24. The average Bonchev–Trinajstić information content (AvgIpc) is 2.88. The number of nitrogens with zero attached hydrogens (tertiary/aromatic N) is 2. The van der Waals surface area contributed by atoms with Crippen LogP contribution < -0.4 is 0 Å². The molecule has 24 heavy (non-hydrogen) atoms. The van der Waals surface area contributed by atoms with Crippen LogP contribution in [0, 0.1) is 18.8 Å². The Morgan fingerprint density at radius 3 is 2.54 bits per heavy atom. The van der Waals surface area contributed by atoms with Gasteiger partial charge in [-0.05, 0) is 25.8 Å². The van der Waals surface area contributed by atoms with Crippen LogP contribution in [0.25, 0.3) is 0 Å². The van der Waals surface area contributed by atoms with E-state index < -0.39 is 0 Å². The smallest absolute Gasteiger partial charge is 0.306 e. The van der Waals surface area contributed by atoms with Gasteiger partial charge in [-0.1, -0.05) is 27.7 Å². The molecule has 0 aliphatic carbocycles. The summed E-state index contributed by atoms with van der Waals surface area (Å²) in [4.78, 5) is 29.4. The summed E-state index contributed by atoms with van der Waals surface area (Å²) in [5.41, 5.74) is 0.925. The van der Waals surface area contributed by atoms with Gasteiger partial charge in [0.2, 0.25) is 0 Å². The van der Waals surface area contributed by atoms with Gasteiger partial charge in [0.1, 0.15) is 5.01 Å². The molecule has 1 radical (unpaired) electrons. The summed E-state index contributed by atoms with van der Waals surface area (Å²) in [7, 11) is 3.39. The number of esters is 1. The third-order valence-electron chi connectivity index (χ3n) is 3.81. The molecule has 5 nitrogen and oxygen atoms in total.